The Bertz CT molecular complexity index is 1420. The van der Waals surface area contributed by atoms with Gasteiger partial charge in [0.25, 0.3) is 5.69 Å². The summed E-state index contributed by atoms with van der Waals surface area (Å²) in [6.45, 7) is 4.64. The number of nitrogens with zero attached hydrogens (tertiary/aromatic N) is 6. The van der Waals surface area contributed by atoms with Crippen LogP contribution in [0.5, 0.6) is 5.75 Å². The molecule has 2 heterocycles. The third kappa shape index (κ3) is 6.60. The Morgan fingerprint density at radius 1 is 1.17 bits per heavy atom. The zero-order chi connectivity index (χ0) is 29.9. The largest absolute Gasteiger partial charge is 0.494 e. The minimum atomic E-state index is -1.46. The second-order valence-electron chi connectivity index (χ2n) is 10.4. The van der Waals surface area contributed by atoms with E-state index in [-0.39, 0.29) is 47.0 Å². The number of aromatic nitrogens is 3. The topological polar surface area (TPSA) is 142 Å². The molecule has 14 heteroatoms. The van der Waals surface area contributed by atoms with Gasteiger partial charge in [0.1, 0.15) is 17.8 Å². The van der Waals surface area contributed by atoms with E-state index in [2.05, 4.69) is 30.5 Å². The maximum Gasteiger partial charge on any atom is 0.294 e. The maximum atomic E-state index is 14.1. The molecular weight excluding hydrogens is 538 g/mol. The lowest BCUT2D eigenvalue weighted by Gasteiger charge is -2.29. The number of nitro benzene ring substituents is 1. The number of hydrogen-bond acceptors (Lipinski definition) is 11. The second kappa shape index (κ2) is 12.1. The van der Waals surface area contributed by atoms with Gasteiger partial charge in [-0.05, 0) is 46.3 Å². The number of anilines is 5. The van der Waals surface area contributed by atoms with Crippen LogP contribution in [0.25, 0.3) is 0 Å². The van der Waals surface area contributed by atoms with Crippen molar-refractivity contribution in [3.05, 3.63) is 57.9 Å². The predicted molar refractivity (Wildman–Crippen MR) is 151 cm³/mol. The lowest BCUT2D eigenvalue weighted by molar-refractivity contribution is -0.384. The van der Waals surface area contributed by atoms with Crippen molar-refractivity contribution >= 4 is 34.6 Å². The van der Waals surface area contributed by atoms with E-state index in [1.807, 2.05) is 19.0 Å². The summed E-state index contributed by atoms with van der Waals surface area (Å²) in [6, 6.07) is 4.98. The van der Waals surface area contributed by atoms with Crippen molar-refractivity contribution < 1.29 is 23.5 Å². The molecule has 0 amide bonds. The molecule has 4 rings (SSSR count). The normalized spacial score (nSPS) is 16.5. The number of methoxy groups -OCH3 is 1. The van der Waals surface area contributed by atoms with Crippen molar-refractivity contribution in [2.75, 3.05) is 49.8 Å². The molecule has 1 aromatic heterocycles. The van der Waals surface area contributed by atoms with Crippen molar-refractivity contribution in [2.24, 2.45) is 0 Å². The number of nitrogens with one attached hydrogen (secondary N) is 2. The van der Waals surface area contributed by atoms with E-state index >= 15 is 0 Å². The van der Waals surface area contributed by atoms with Gasteiger partial charge in [0.05, 0.1) is 29.0 Å². The van der Waals surface area contributed by atoms with Crippen LogP contribution in [0.2, 0.25) is 0 Å². The fourth-order valence-corrected chi connectivity index (χ4v) is 4.91. The highest BCUT2D eigenvalue weighted by atomic mass is 19.2. The molecule has 0 spiro atoms. The first kappa shape index (κ1) is 29.8. The quantitative estimate of drug-likeness (QED) is 0.217. The van der Waals surface area contributed by atoms with E-state index in [1.54, 1.807) is 13.0 Å². The molecule has 220 valence electrons. The number of ether oxygens (including phenoxy) is 1. The Labute approximate surface area is 236 Å². The molecule has 0 saturated carbocycles. The Kier molecular flexibility index (Phi) is 8.83. The zero-order valence-electron chi connectivity index (χ0n) is 23.6. The van der Waals surface area contributed by atoms with Gasteiger partial charge < -0.3 is 30.3 Å². The van der Waals surface area contributed by atoms with Crippen LogP contribution in [0.3, 0.4) is 0 Å². The first-order valence-electron chi connectivity index (χ1n) is 13.2. The molecule has 0 radical (unpaired) electrons. The molecule has 1 aliphatic rings. The van der Waals surface area contributed by atoms with Gasteiger partial charge in [0.15, 0.2) is 11.6 Å². The number of likely N-dealkylation sites (N-methyl/N-ethyl adjacent to an activating group) is 1. The van der Waals surface area contributed by atoms with Crippen LogP contribution in [0.4, 0.5) is 43.4 Å². The Hall–Kier alpha value is -4.17. The van der Waals surface area contributed by atoms with E-state index in [0.29, 0.717) is 18.0 Å². The SMILES string of the molecule is CCC(C)(O)c1cc(F)c(F)cc1Nc1ncnc(Nc2cc([N+](=O)[O-])c(N3CCC[C@H]3CN(C)C)cc2OC)n1. The molecule has 1 saturated heterocycles. The molecule has 1 unspecified atom stereocenters. The molecule has 0 bridgehead atoms. The standard InChI is InChI=1S/C27H34F2N8O4/c1-6-27(2,38)17-10-18(28)19(29)11-20(17)32-25-30-15-31-26(34-25)33-21-12-23(37(39)40)22(13-24(21)41-5)36-9-7-8-16(36)14-35(3)4/h10-13,15-16,38H,6-9,14H2,1-5H3,(H2,30,31,32,33,34)/t16-,27?/m0/s1. The van der Waals surface area contributed by atoms with Crippen molar-refractivity contribution in [1.82, 2.24) is 19.9 Å². The van der Waals surface area contributed by atoms with Crippen LogP contribution < -0.4 is 20.3 Å². The smallest absolute Gasteiger partial charge is 0.294 e. The number of nitro groups is 1. The summed E-state index contributed by atoms with van der Waals surface area (Å²) in [5.41, 5.74) is -0.640. The highest BCUT2D eigenvalue weighted by Crippen LogP contribution is 2.42. The zero-order valence-corrected chi connectivity index (χ0v) is 23.6. The van der Waals surface area contributed by atoms with Crippen molar-refractivity contribution in [1.29, 1.82) is 0 Å². The summed E-state index contributed by atoms with van der Waals surface area (Å²) in [6.07, 6.45) is 3.26. The van der Waals surface area contributed by atoms with E-state index < -0.39 is 22.2 Å². The highest BCUT2D eigenvalue weighted by molar-refractivity contribution is 5.77. The first-order valence-corrected chi connectivity index (χ1v) is 13.2. The van der Waals surface area contributed by atoms with Crippen LogP contribution in [-0.4, -0.2) is 70.2 Å². The van der Waals surface area contributed by atoms with Gasteiger partial charge in [-0.1, -0.05) is 6.92 Å². The van der Waals surface area contributed by atoms with Crippen molar-refractivity contribution in [3.63, 3.8) is 0 Å². The molecule has 3 aromatic rings. The van der Waals surface area contributed by atoms with E-state index in [1.165, 1.54) is 26.4 Å². The third-order valence-corrected chi connectivity index (χ3v) is 7.15. The Morgan fingerprint density at radius 3 is 2.44 bits per heavy atom. The van der Waals surface area contributed by atoms with Gasteiger partial charge in [0, 0.05) is 42.9 Å². The minimum absolute atomic E-state index is 0.0147. The highest BCUT2D eigenvalue weighted by Gasteiger charge is 2.32. The van der Waals surface area contributed by atoms with Gasteiger partial charge in [-0.2, -0.15) is 4.98 Å². The summed E-state index contributed by atoms with van der Waals surface area (Å²) in [4.78, 5) is 28.2. The van der Waals surface area contributed by atoms with Crippen LogP contribution >= 0.6 is 0 Å². The molecule has 1 fully saturated rings. The number of hydrogen-bond donors (Lipinski definition) is 3. The summed E-state index contributed by atoms with van der Waals surface area (Å²) < 4.78 is 33.7. The predicted octanol–water partition coefficient (Wildman–Crippen LogP) is 4.70. The first-order chi connectivity index (χ1) is 19.4. The molecule has 3 N–H and O–H groups in total. The Balaban J connectivity index is 1.66. The van der Waals surface area contributed by atoms with Crippen LogP contribution in [0, 0.1) is 21.7 Å². The van der Waals surface area contributed by atoms with Crippen molar-refractivity contribution in [2.45, 2.75) is 44.8 Å². The maximum absolute atomic E-state index is 14.1. The number of halogens is 2. The van der Waals surface area contributed by atoms with E-state index in [0.717, 1.165) is 31.5 Å². The molecule has 2 aromatic carbocycles. The molecule has 12 nitrogen and oxygen atoms in total. The van der Waals surface area contributed by atoms with Gasteiger partial charge in [-0.15, -0.1) is 0 Å². The summed E-state index contributed by atoms with van der Waals surface area (Å²) in [5.74, 6) is -1.89. The van der Waals surface area contributed by atoms with Crippen LogP contribution in [-0.2, 0) is 5.60 Å². The third-order valence-electron chi connectivity index (χ3n) is 7.15. The minimum Gasteiger partial charge on any atom is -0.494 e. The van der Waals surface area contributed by atoms with Gasteiger partial charge >= 0.3 is 0 Å². The van der Waals surface area contributed by atoms with Gasteiger partial charge in [0.2, 0.25) is 11.9 Å². The molecular formula is C27H34F2N8O4. The number of aliphatic hydroxyl groups is 1. The van der Waals surface area contributed by atoms with Gasteiger partial charge in [-0.3, -0.25) is 10.1 Å². The van der Waals surface area contributed by atoms with E-state index in [4.69, 9.17) is 4.74 Å². The summed E-state index contributed by atoms with van der Waals surface area (Å²) >= 11 is 0. The average molecular weight is 573 g/mol. The van der Waals surface area contributed by atoms with Gasteiger partial charge in [-0.25, -0.2) is 18.7 Å². The molecule has 0 aliphatic carbocycles. The Morgan fingerprint density at radius 2 is 1.83 bits per heavy atom. The monoisotopic (exact) mass is 572 g/mol. The summed E-state index contributed by atoms with van der Waals surface area (Å²) in [5, 5.41) is 28.6. The van der Waals surface area contributed by atoms with Crippen LogP contribution in [0.1, 0.15) is 38.7 Å². The number of rotatable bonds is 11. The average Bonchev–Trinajstić information content (AvgIpc) is 3.37. The van der Waals surface area contributed by atoms with Crippen molar-refractivity contribution in [3.8, 4) is 5.75 Å². The molecule has 1 aliphatic heterocycles. The number of benzene rings is 2. The molecule has 2 atom stereocenters. The summed E-state index contributed by atoms with van der Waals surface area (Å²) in [7, 11) is 5.40. The van der Waals surface area contributed by atoms with Crippen LogP contribution in [0.15, 0.2) is 30.6 Å². The lowest BCUT2D eigenvalue weighted by atomic mass is 9.91. The van der Waals surface area contributed by atoms with E-state index in [9.17, 15) is 24.0 Å². The fraction of sp³-hybridized carbons (Fsp3) is 0.444. The lowest BCUT2D eigenvalue weighted by Crippen LogP contribution is -2.37. The fourth-order valence-electron chi connectivity index (χ4n) is 4.91. The molecule has 41 heavy (non-hydrogen) atoms. The second-order valence-corrected chi connectivity index (χ2v) is 10.4.